The fraction of sp³-hybridized carbons (Fsp3) is 0.917. The van der Waals surface area contributed by atoms with Gasteiger partial charge in [-0.3, -0.25) is 4.79 Å². The molecule has 1 aliphatic carbocycles. The molecule has 0 heterocycles. The summed E-state index contributed by atoms with van der Waals surface area (Å²) in [6.45, 7) is 3.40. The van der Waals surface area contributed by atoms with Crippen molar-refractivity contribution in [2.75, 3.05) is 20.2 Å². The molecule has 94 valence electrons. The van der Waals surface area contributed by atoms with Gasteiger partial charge in [-0.25, -0.2) is 0 Å². The van der Waals surface area contributed by atoms with E-state index < -0.39 is 0 Å². The normalized spacial score (nSPS) is 19.9. The predicted octanol–water partition coefficient (Wildman–Crippen LogP) is 1.05. The Morgan fingerprint density at radius 3 is 2.62 bits per heavy atom. The van der Waals surface area contributed by atoms with Gasteiger partial charge in [0.2, 0.25) is 5.91 Å². The zero-order valence-corrected chi connectivity index (χ0v) is 10.4. The van der Waals surface area contributed by atoms with Gasteiger partial charge < -0.3 is 15.8 Å². The van der Waals surface area contributed by atoms with E-state index in [0.717, 1.165) is 13.0 Å². The molecule has 0 aliphatic heterocycles. The Kier molecular flexibility index (Phi) is 5.22. The molecule has 1 fully saturated rings. The topological polar surface area (TPSA) is 64.4 Å². The van der Waals surface area contributed by atoms with E-state index in [1.165, 1.54) is 19.3 Å². The summed E-state index contributed by atoms with van der Waals surface area (Å²) >= 11 is 0. The first-order valence-corrected chi connectivity index (χ1v) is 6.15. The molecule has 4 heteroatoms. The number of hydrogen-bond donors (Lipinski definition) is 2. The Morgan fingerprint density at radius 2 is 2.25 bits per heavy atom. The fourth-order valence-corrected chi connectivity index (χ4v) is 2.16. The molecule has 1 rings (SSSR count). The van der Waals surface area contributed by atoms with Gasteiger partial charge in [-0.1, -0.05) is 13.3 Å². The molecule has 1 unspecified atom stereocenters. The molecular weight excluding hydrogens is 204 g/mol. The monoisotopic (exact) mass is 228 g/mol. The molecule has 1 aliphatic rings. The van der Waals surface area contributed by atoms with Gasteiger partial charge in [-0.05, 0) is 24.7 Å². The van der Waals surface area contributed by atoms with Crippen molar-refractivity contribution in [2.45, 2.75) is 45.1 Å². The average molecular weight is 228 g/mol. The lowest BCUT2D eigenvalue weighted by Gasteiger charge is -2.41. The Balaban J connectivity index is 2.24. The van der Waals surface area contributed by atoms with Crippen LogP contribution in [0.2, 0.25) is 0 Å². The first kappa shape index (κ1) is 13.5. The molecule has 1 atom stereocenters. The second-order valence-corrected chi connectivity index (χ2v) is 4.78. The van der Waals surface area contributed by atoms with Crippen LogP contribution in [0.15, 0.2) is 0 Å². The van der Waals surface area contributed by atoms with Crippen molar-refractivity contribution in [3.05, 3.63) is 0 Å². The summed E-state index contributed by atoms with van der Waals surface area (Å²) in [7, 11) is 1.59. The summed E-state index contributed by atoms with van der Waals surface area (Å²) in [5, 5.41) is 3.00. The number of nitrogens with two attached hydrogens (primary N) is 1. The van der Waals surface area contributed by atoms with Crippen LogP contribution in [0.1, 0.15) is 39.0 Å². The molecule has 1 saturated carbocycles. The minimum absolute atomic E-state index is 0.0528. The van der Waals surface area contributed by atoms with E-state index >= 15 is 0 Å². The highest BCUT2D eigenvalue weighted by molar-refractivity contribution is 5.76. The summed E-state index contributed by atoms with van der Waals surface area (Å²) in [5.74, 6) is 0.0528. The average Bonchev–Trinajstić information content (AvgIpc) is 2.25. The number of ether oxygens (including phenoxy) is 1. The summed E-state index contributed by atoms with van der Waals surface area (Å²) in [6.07, 6.45) is 5.15. The lowest BCUT2D eigenvalue weighted by atomic mass is 9.67. The number of amides is 1. The number of hydrogen-bond acceptors (Lipinski definition) is 3. The van der Waals surface area contributed by atoms with Crippen LogP contribution < -0.4 is 11.1 Å². The first-order valence-electron chi connectivity index (χ1n) is 6.15. The molecule has 0 aromatic heterocycles. The lowest BCUT2D eigenvalue weighted by molar-refractivity contribution is -0.124. The molecule has 0 spiro atoms. The molecule has 0 bridgehead atoms. The maximum absolute atomic E-state index is 11.6. The minimum atomic E-state index is -0.154. The SMILES string of the molecule is CCC1(CNC(=O)CC(CN)OC)CCC1. The lowest BCUT2D eigenvalue weighted by Crippen LogP contribution is -2.43. The first-order chi connectivity index (χ1) is 7.65. The second kappa shape index (κ2) is 6.21. The van der Waals surface area contributed by atoms with E-state index in [1.807, 2.05) is 0 Å². The quantitative estimate of drug-likeness (QED) is 0.684. The maximum Gasteiger partial charge on any atom is 0.222 e. The minimum Gasteiger partial charge on any atom is -0.380 e. The van der Waals surface area contributed by atoms with Gasteiger partial charge in [-0.15, -0.1) is 0 Å². The molecule has 0 aromatic rings. The standard InChI is InChI=1S/C12H24N2O2/c1-3-12(5-4-6-12)9-14-11(15)7-10(8-13)16-2/h10H,3-9,13H2,1-2H3,(H,14,15). The van der Waals surface area contributed by atoms with E-state index in [2.05, 4.69) is 12.2 Å². The summed E-state index contributed by atoms with van der Waals surface area (Å²) < 4.78 is 5.08. The van der Waals surface area contributed by atoms with Gasteiger partial charge in [0.25, 0.3) is 0 Å². The van der Waals surface area contributed by atoms with Crippen LogP contribution in [-0.4, -0.2) is 32.2 Å². The molecule has 0 radical (unpaired) electrons. The molecule has 3 N–H and O–H groups in total. The van der Waals surface area contributed by atoms with Crippen molar-refractivity contribution in [1.29, 1.82) is 0 Å². The Morgan fingerprint density at radius 1 is 1.56 bits per heavy atom. The van der Waals surface area contributed by atoms with Crippen LogP contribution in [0, 0.1) is 5.41 Å². The number of rotatable bonds is 7. The largest absolute Gasteiger partial charge is 0.380 e. The number of methoxy groups -OCH3 is 1. The van der Waals surface area contributed by atoms with Gasteiger partial charge in [0, 0.05) is 20.2 Å². The summed E-state index contributed by atoms with van der Waals surface area (Å²) in [5.41, 5.74) is 5.85. The van der Waals surface area contributed by atoms with E-state index in [4.69, 9.17) is 10.5 Å². The van der Waals surface area contributed by atoms with E-state index in [1.54, 1.807) is 7.11 Å². The molecule has 0 aromatic carbocycles. The molecule has 1 amide bonds. The van der Waals surface area contributed by atoms with Crippen molar-refractivity contribution in [1.82, 2.24) is 5.32 Å². The molecular formula is C12H24N2O2. The predicted molar refractivity (Wildman–Crippen MR) is 64.1 cm³/mol. The zero-order chi connectivity index (χ0) is 12.0. The maximum atomic E-state index is 11.6. The third-order valence-corrected chi connectivity index (χ3v) is 3.83. The van der Waals surface area contributed by atoms with Gasteiger partial charge in [0.1, 0.15) is 0 Å². The highest BCUT2D eigenvalue weighted by atomic mass is 16.5. The van der Waals surface area contributed by atoms with E-state index in [-0.39, 0.29) is 12.0 Å². The van der Waals surface area contributed by atoms with Crippen LogP contribution in [0.25, 0.3) is 0 Å². The van der Waals surface area contributed by atoms with Crippen molar-refractivity contribution < 1.29 is 9.53 Å². The van der Waals surface area contributed by atoms with Crippen LogP contribution in [0.3, 0.4) is 0 Å². The van der Waals surface area contributed by atoms with Gasteiger partial charge in [0.15, 0.2) is 0 Å². The van der Waals surface area contributed by atoms with E-state index in [9.17, 15) is 4.79 Å². The van der Waals surface area contributed by atoms with Crippen molar-refractivity contribution in [3.8, 4) is 0 Å². The smallest absolute Gasteiger partial charge is 0.222 e. The molecule has 0 saturated heterocycles. The third kappa shape index (κ3) is 3.46. The Bertz CT molecular complexity index is 218. The van der Waals surface area contributed by atoms with Crippen LogP contribution in [-0.2, 0) is 9.53 Å². The Labute approximate surface area is 97.9 Å². The van der Waals surface area contributed by atoms with Crippen molar-refractivity contribution >= 4 is 5.91 Å². The third-order valence-electron chi connectivity index (χ3n) is 3.83. The number of carbonyl (C=O) groups excluding carboxylic acids is 1. The Hall–Kier alpha value is -0.610. The molecule has 4 nitrogen and oxygen atoms in total. The summed E-state index contributed by atoms with van der Waals surface area (Å²) in [4.78, 5) is 11.6. The molecule has 16 heavy (non-hydrogen) atoms. The summed E-state index contributed by atoms with van der Waals surface area (Å²) in [6, 6.07) is 0. The zero-order valence-electron chi connectivity index (χ0n) is 10.4. The van der Waals surface area contributed by atoms with Crippen molar-refractivity contribution in [2.24, 2.45) is 11.1 Å². The van der Waals surface area contributed by atoms with E-state index in [0.29, 0.717) is 18.4 Å². The van der Waals surface area contributed by atoms with Crippen LogP contribution in [0.5, 0.6) is 0 Å². The van der Waals surface area contributed by atoms with Gasteiger partial charge >= 0.3 is 0 Å². The number of nitrogens with one attached hydrogen (secondary N) is 1. The highest BCUT2D eigenvalue weighted by Gasteiger charge is 2.35. The van der Waals surface area contributed by atoms with Crippen LogP contribution in [0.4, 0.5) is 0 Å². The van der Waals surface area contributed by atoms with Crippen molar-refractivity contribution in [3.63, 3.8) is 0 Å². The number of carbonyl (C=O) groups is 1. The van der Waals surface area contributed by atoms with Gasteiger partial charge in [-0.2, -0.15) is 0 Å². The fourth-order valence-electron chi connectivity index (χ4n) is 2.16. The van der Waals surface area contributed by atoms with Crippen LogP contribution >= 0.6 is 0 Å². The second-order valence-electron chi connectivity index (χ2n) is 4.78. The van der Waals surface area contributed by atoms with Gasteiger partial charge in [0.05, 0.1) is 12.5 Å². The highest BCUT2D eigenvalue weighted by Crippen LogP contribution is 2.42.